The summed E-state index contributed by atoms with van der Waals surface area (Å²) in [4.78, 5) is 12.8. The molecule has 0 aliphatic heterocycles. The second-order valence-corrected chi connectivity index (χ2v) is 9.36. The summed E-state index contributed by atoms with van der Waals surface area (Å²) < 4.78 is 0. The monoisotopic (exact) mass is 450 g/mol. The molecule has 2 heteroatoms. The molecule has 0 heterocycles. The largest absolute Gasteiger partial charge is 0.478 e. The van der Waals surface area contributed by atoms with E-state index in [-0.39, 0.29) is 0 Å². The van der Waals surface area contributed by atoms with Crippen LogP contribution in [0.15, 0.2) is 103 Å². The Balaban J connectivity index is 1.44. The van der Waals surface area contributed by atoms with E-state index in [2.05, 4.69) is 72.8 Å². The highest BCUT2D eigenvalue weighted by Crippen LogP contribution is 2.46. The van der Waals surface area contributed by atoms with Gasteiger partial charge in [-0.3, -0.25) is 0 Å². The molecule has 0 unspecified atom stereocenters. The number of fused-ring (bicyclic) bond motifs is 6. The van der Waals surface area contributed by atoms with E-state index in [4.69, 9.17) is 0 Å². The predicted molar refractivity (Wildman–Crippen MR) is 141 cm³/mol. The van der Waals surface area contributed by atoms with Crippen LogP contribution >= 0.6 is 0 Å². The SMILES string of the molecule is O=C(O)c1c(-c2cccc3c2Cc2ccccc2-3)cccc1-c1cccc2c1Cc1ccccc1-2. The fraction of sp³-hybridized carbons (Fsp3) is 0.0606. The van der Waals surface area contributed by atoms with Crippen molar-refractivity contribution in [3.05, 3.63) is 131 Å². The number of benzene rings is 5. The van der Waals surface area contributed by atoms with Crippen LogP contribution in [-0.4, -0.2) is 11.1 Å². The zero-order valence-corrected chi connectivity index (χ0v) is 19.1. The van der Waals surface area contributed by atoms with E-state index in [9.17, 15) is 9.90 Å². The summed E-state index contributed by atoms with van der Waals surface area (Å²) in [5.74, 6) is -0.892. The first-order valence-electron chi connectivity index (χ1n) is 12.0. The van der Waals surface area contributed by atoms with Crippen LogP contribution < -0.4 is 0 Å². The number of carbonyl (C=O) groups is 1. The van der Waals surface area contributed by atoms with Gasteiger partial charge in [-0.1, -0.05) is 103 Å². The summed E-state index contributed by atoms with van der Waals surface area (Å²) in [6.07, 6.45) is 1.64. The van der Waals surface area contributed by atoms with Gasteiger partial charge >= 0.3 is 5.97 Å². The van der Waals surface area contributed by atoms with Gasteiger partial charge in [-0.2, -0.15) is 0 Å². The minimum Gasteiger partial charge on any atom is -0.478 e. The molecule has 166 valence electrons. The molecular weight excluding hydrogens is 428 g/mol. The molecule has 2 aliphatic carbocycles. The van der Waals surface area contributed by atoms with E-state index in [1.165, 1.54) is 44.5 Å². The smallest absolute Gasteiger partial charge is 0.336 e. The van der Waals surface area contributed by atoms with Gasteiger partial charge in [0, 0.05) is 0 Å². The maximum absolute atomic E-state index is 12.8. The summed E-state index contributed by atoms with van der Waals surface area (Å²) in [7, 11) is 0. The molecule has 0 saturated heterocycles. The topological polar surface area (TPSA) is 37.3 Å². The Bertz CT molecular complexity index is 1560. The highest BCUT2D eigenvalue weighted by atomic mass is 16.4. The maximum atomic E-state index is 12.8. The molecule has 2 aliphatic rings. The molecule has 0 saturated carbocycles. The maximum Gasteiger partial charge on any atom is 0.336 e. The molecule has 1 N–H and O–H groups in total. The lowest BCUT2D eigenvalue weighted by atomic mass is 9.86. The van der Waals surface area contributed by atoms with E-state index in [0.29, 0.717) is 5.56 Å². The first-order valence-corrected chi connectivity index (χ1v) is 12.0. The molecule has 0 radical (unpaired) electrons. The zero-order chi connectivity index (χ0) is 23.5. The van der Waals surface area contributed by atoms with Crippen molar-refractivity contribution in [1.82, 2.24) is 0 Å². The minimum atomic E-state index is -0.892. The predicted octanol–water partition coefficient (Wildman–Crippen LogP) is 7.86. The van der Waals surface area contributed by atoms with Crippen molar-refractivity contribution in [3.8, 4) is 44.5 Å². The lowest BCUT2D eigenvalue weighted by Gasteiger charge is -2.17. The third-order valence-electron chi connectivity index (χ3n) is 7.56. The molecule has 5 aromatic rings. The molecule has 2 nitrogen and oxygen atoms in total. The van der Waals surface area contributed by atoms with E-state index >= 15 is 0 Å². The van der Waals surface area contributed by atoms with Crippen LogP contribution in [-0.2, 0) is 12.8 Å². The standard InChI is InChI=1S/C33H22O2/c34-33(35)32-28(26-14-5-12-24-22-10-3-1-8-20(22)18-30(24)26)16-7-17-29(32)27-15-6-13-25-23-11-4-2-9-21(23)19-31(25)27/h1-17H,18-19H2,(H,34,35). The molecule has 0 atom stereocenters. The van der Waals surface area contributed by atoms with Gasteiger partial charge < -0.3 is 5.11 Å². The van der Waals surface area contributed by atoms with Crippen LogP contribution in [0.3, 0.4) is 0 Å². The number of carboxylic acid groups (broad SMARTS) is 1. The van der Waals surface area contributed by atoms with Crippen LogP contribution in [0.1, 0.15) is 32.6 Å². The van der Waals surface area contributed by atoms with Crippen molar-refractivity contribution >= 4 is 5.97 Å². The molecule has 0 fully saturated rings. The number of hydrogen-bond donors (Lipinski definition) is 1. The van der Waals surface area contributed by atoms with Crippen molar-refractivity contribution in [2.75, 3.05) is 0 Å². The Morgan fingerprint density at radius 2 is 0.800 bits per heavy atom. The number of rotatable bonds is 3. The van der Waals surface area contributed by atoms with E-state index in [1.807, 2.05) is 30.3 Å². The van der Waals surface area contributed by atoms with Gasteiger partial charge in [0.1, 0.15) is 0 Å². The highest BCUT2D eigenvalue weighted by Gasteiger charge is 2.27. The van der Waals surface area contributed by atoms with Crippen molar-refractivity contribution in [2.24, 2.45) is 0 Å². The van der Waals surface area contributed by atoms with Crippen LogP contribution in [0, 0.1) is 0 Å². The Morgan fingerprint density at radius 1 is 0.457 bits per heavy atom. The van der Waals surface area contributed by atoms with Gasteiger partial charge in [-0.25, -0.2) is 4.79 Å². The van der Waals surface area contributed by atoms with Crippen LogP contribution in [0.25, 0.3) is 44.5 Å². The Morgan fingerprint density at radius 3 is 1.23 bits per heavy atom. The van der Waals surface area contributed by atoms with Crippen molar-refractivity contribution < 1.29 is 9.90 Å². The number of carboxylic acids is 1. The first-order chi connectivity index (χ1) is 17.2. The quantitative estimate of drug-likeness (QED) is 0.297. The zero-order valence-electron chi connectivity index (χ0n) is 19.1. The Hall–Kier alpha value is -4.43. The summed E-state index contributed by atoms with van der Waals surface area (Å²) in [5.41, 5.74) is 13.9. The second kappa shape index (κ2) is 7.54. The van der Waals surface area contributed by atoms with E-state index < -0.39 is 5.97 Å². The van der Waals surface area contributed by atoms with Crippen LogP contribution in [0.2, 0.25) is 0 Å². The summed E-state index contributed by atoms with van der Waals surface area (Å²) in [5, 5.41) is 10.5. The summed E-state index contributed by atoms with van der Waals surface area (Å²) >= 11 is 0. The number of aromatic carboxylic acids is 1. The Kier molecular flexibility index (Phi) is 4.31. The molecule has 0 spiro atoms. The third kappa shape index (κ3) is 2.93. The number of hydrogen-bond acceptors (Lipinski definition) is 1. The van der Waals surface area contributed by atoms with Gasteiger partial charge in [0.25, 0.3) is 0 Å². The van der Waals surface area contributed by atoms with Crippen molar-refractivity contribution in [1.29, 1.82) is 0 Å². The lowest BCUT2D eigenvalue weighted by Crippen LogP contribution is -2.05. The Labute approximate surface area is 204 Å². The first kappa shape index (κ1) is 20.0. The fourth-order valence-corrected chi connectivity index (χ4v) is 6.05. The lowest BCUT2D eigenvalue weighted by molar-refractivity contribution is 0.0698. The van der Waals surface area contributed by atoms with E-state index in [0.717, 1.165) is 35.1 Å². The third-order valence-corrected chi connectivity index (χ3v) is 7.56. The van der Waals surface area contributed by atoms with Gasteiger partial charge in [0.05, 0.1) is 5.56 Å². The second-order valence-electron chi connectivity index (χ2n) is 9.36. The van der Waals surface area contributed by atoms with Gasteiger partial charge in [0.2, 0.25) is 0 Å². The van der Waals surface area contributed by atoms with Gasteiger partial charge in [0.15, 0.2) is 0 Å². The molecule has 0 amide bonds. The molecule has 35 heavy (non-hydrogen) atoms. The van der Waals surface area contributed by atoms with Crippen LogP contribution in [0.5, 0.6) is 0 Å². The summed E-state index contributed by atoms with van der Waals surface area (Å²) in [6, 6.07) is 35.4. The summed E-state index contributed by atoms with van der Waals surface area (Å²) in [6.45, 7) is 0. The van der Waals surface area contributed by atoms with Crippen LogP contribution in [0.4, 0.5) is 0 Å². The molecule has 5 aromatic carbocycles. The molecular formula is C33H22O2. The van der Waals surface area contributed by atoms with Crippen molar-refractivity contribution in [2.45, 2.75) is 12.8 Å². The molecule has 0 aromatic heterocycles. The highest BCUT2D eigenvalue weighted by molar-refractivity contribution is 6.05. The average Bonchev–Trinajstić information content (AvgIpc) is 3.46. The van der Waals surface area contributed by atoms with Gasteiger partial charge in [-0.05, 0) is 79.6 Å². The van der Waals surface area contributed by atoms with Gasteiger partial charge in [-0.15, -0.1) is 0 Å². The van der Waals surface area contributed by atoms with E-state index in [1.54, 1.807) is 0 Å². The minimum absolute atomic E-state index is 0.376. The molecule has 0 bridgehead atoms. The molecule has 7 rings (SSSR count). The fourth-order valence-electron chi connectivity index (χ4n) is 6.05. The van der Waals surface area contributed by atoms with Crippen molar-refractivity contribution in [3.63, 3.8) is 0 Å². The average molecular weight is 451 g/mol. The normalized spacial score (nSPS) is 12.6.